The SMILES string of the molecule is CCOc1cccc(CNCCCOCC(C)C)c1OC. The number of para-hydroxylation sites is 1. The van der Waals surface area contributed by atoms with E-state index in [0.29, 0.717) is 12.5 Å². The lowest BCUT2D eigenvalue weighted by Gasteiger charge is -2.14. The fourth-order valence-electron chi connectivity index (χ4n) is 2.04. The van der Waals surface area contributed by atoms with Crippen LogP contribution in [0.4, 0.5) is 0 Å². The van der Waals surface area contributed by atoms with Crippen LogP contribution in [0.15, 0.2) is 18.2 Å². The molecule has 1 aromatic carbocycles. The second-order valence-electron chi connectivity index (χ2n) is 5.38. The quantitative estimate of drug-likeness (QED) is 0.636. The first kappa shape index (κ1) is 17.8. The van der Waals surface area contributed by atoms with Gasteiger partial charge in [0.05, 0.1) is 13.7 Å². The second-order valence-corrected chi connectivity index (χ2v) is 5.38. The summed E-state index contributed by atoms with van der Waals surface area (Å²) in [6, 6.07) is 5.99. The van der Waals surface area contributed by atoms with Crippen molar-refractivity contribution in [2.24, 2.45) is 5.92 Å². The summed E-state index contributed by atoms with van der Waals surface area (Å²) < 4.78 is 16.6. The van der Waals surface area contributed by atoms with Gasteiger partial charge in [0.2, 0.25) is 0 Å². The Kier molecular flexibility index (Phi) is 8.87. The number of nitrogens with one attached hydrogen (secondary N) is 1. The average Bonchev–Trinajstić information content (AvgIpc) is 2.46. The fraction of sp³-hybridized carbons (Fsp3) is 0.647. The zero-order valence-electron chi connectivity index (χ0n) is 13.8. The molecule has 1 N–H and O–H groups in total. The molecule has 21 heavy (non-hydrogen) atoms. The summed E-state index contributed by atoms with van der Waals surface area (Å²) in [6.45, 7) is 10.3. The maximum atomic E-state index is 5.58. The van der Waals surface area contributed by atoms with Gasteiger partial charge in [-0.2, -0.15) is 0 Å². The summed E-state index contributed by atoms with van der Waals surface area (Å²) in [5.41, 5.74) is 1.12. The van der Waals surface area contributed by atoms with Crippen LogP contribution in [-0.4, -0.2) is 33.5 Å². The van der Waals surface area contributed by atoms with E-state index in [4.69, 9.17) is 14.2 Å². The lowest BCUT2D eigenvalue weighted by Crippen LogP contribution is -2.17. The van der Waals surface area contributed by atoms with Gasteiger partial charge < -0.3 is 19.5 Å². The van der Waals surface area contributed by atoms with Crippen LogP contribution in [0.25, 0.3) is 0 Å². The molecule has 0 bridgehead atoms. The molecule has 0 unspecified atom stereocenters. The van der Waals surface area contributed by atoms with Crippen LogP contribution in [0, 0.1) is 5.92 Å². The van der Waals surface area contributed by atoms with Gasteiger partial charge in [0.1, 0.15) is 0 Å². The topological polar surface area (TPSA) is 39.7 Å². The Morgan fingerprint density at radius 2 is 2.05 bits per heavy atom. The first-order chi connectivity index (χ1) is 10.2. The van der Waals surface area contributed by atoms with E-state index in [0.717, 1.165) is 49.8 Å². The minimum absolute atomic E-state index is 0.600. The predicted octanol–water partition coefficient (Wildman–Crippen LogP) is 3.25. The normalized spacial score (nSPS) is 10.9. The highest BCUT2D eigenvalue weighted by Crippen LogP contribution is 2.30. The van der Waals surface area contributed by atoms with Gasteiger partial charge in [-0.3, -0.25) is 0 Å². The number of benzene rings is 1. The van der Waals surface area contributed by atoms with Crippen LogP contribution < -0.4 is 14.8 Å². The number of hydrogen-bond acceptors (Lipinski definition) is 4. The lowest BCUT2D eigenvalue weighted by atomic mass is 10.2. The van der Waals surface area contributed by atoms with Crippen molar-refractivity contribution in [3.63, 3.8) is 0 Å². The Bertz CT molecular complexity index is 394. The van der Waals surface area contributed by atoms with E-state index in [-0.39, 0.29) is 0 Å². The highest BCUT2D eigenvalue weighted by atomic mass is 16.5. The molecule has 0 saturated carbocycles. The molecule has 0 heterocycles. The monoisotopic (exact) mass is 295 g/mol. The molecular weight excluding hydrogens is 266 g/mol. The molecule has 120 valence electrons. The number of hydrogen-bond donors (Lipinski definition) is 1. The van der Waals surface area contributed by atoms with Crippen LogP contribution in [-0.2, 0) is 11.3 Å². The van der Waals surface area contributed by atoms with Crippen molar-refractivity contribution in [2.45, 2.75) is 33.7 Å². The van der Waals surface area contributed by atoms with Crippen molar-refractivity contribution in [1.29, 1.82) is 0 Å². The van der Waals surface area contributed by atoms with E-state index < -0.39 is 0 Å². The Labute approximate surface area is 128 Å². The minimum Gasteiger partial charge on any atom is -0.493 e. The number of rotatable bonds is 11. The van der Waals surface area contributed by atoms with Crippen molar-refractivity contribution < 1.29 is 14.2 Å². The van der Waals surface area contributed by atoms with Gasteiger partial charge in [0, 0.05) is 25.3 Å². The zero-order chi connectivity index (χ0) is 15.5. The molecule has 0 atom stereocenters. The highest BCUT2D eigenvalue weighted by Gasteiger charge is 2.09. The van der Waals surface area contributed by atoms with Gasteiger partial charge in [-0.15, -0.1) is 0 Å². The molecule has 0 spiro atoms. The third kappa shape index (κ3) is 6.82. The summed E-state index contributed by atoms with van der Waals surface area (Å²) in [5.74, 6) is 2.23. The molecule has 0 aliphatic rings. The molecule has 0 fully saturated rings. The van der Waals surface area contributed by atoms with Crippen LogP contribution >= 0.6 is 0 Å². The van der Waals surface area contributed by atoms with Gasteiger partial charge in [-0.05, 0) is 31.9 Å². The summed E-state index contributed by atoms with van der Waals surface area (Å²) in [4.78, 5) is 0. The lowest BCUT2D eigenvalue weighted by molar-refractivity contribution is 0.108. The van der Waals surface area contributed by atoms with Gasteiger partial charge >= 0.3 is 0 Å². The molecule has 4 heteroatoms. The van der Waals surface area contributed by atoms with Crippen molar-refractivity contribution in [3.8, 4) is 11.5 Å². The molecular formula is C17H29NO3. The molecule has 1 rings (SSSR count). The molecule has 0 radical (unpaired) electrons. The summed E-state index contributed by atoms with van der Waals surface area (Å²) in [6.07, 6.45) is 1.01. The van der Waals surface area contributed by atoms with E-state index in [1.165, 1.54) is 0 Å². The standard InChI is InChI=1S/C17H29NO3/c1-5-21-16-9-6-8-15(17(16)19-4)12-18-10-7-11-20-13-14(2)3/h6,8-9,14,18H,5,7,10-13H2,1-4H3. The maximum Gasteiger partial charge on any atom is 0.165 e. The van der Waals surface area contributed by atoms with Crippen LogP contribution in [0.2, 0.25) is 0 Å². The van der Waals surface area contributed by atoms with Crippen LogP contribution in [0.5, 0.6) is 11.5 Å². The van der Waals surface area contributed by atoms with Gasteiger partial charge in [0.25, 0.3) is 0 Å². The summed E-state index contributed by atoms with van der Waals surface area (Å²) >= 11 is 0. The number of ether oxygens (including phenoxy) is 3. The molecule has 1 aromatic rings. The van der Waals surface area contributed by atoms with Crippen LogP contribution in [0.3, 0.4) is 0 Å². The van der Waals surface area contributed by atoms with Gasteiger partial charge in [0.15, 0.2) is 11.5 Å². The molecule has 0 aliphatic heterocycles. The predicted molar refractivity (Wildman–Crippen MR) is 86.1 cm³/mol. The van der Waals surface area contributed by atoms with Crippen molar-refractivity contribution in [2.75, 3.05) is 33.5 Å². The Morgan fingerprint density at radius 1 is 1.24 bits per heavy atom. The first-order valence-corrected chi connectivity index (χ1v) is 7.76. The molecule has 0 aromatic heterocycles. The van der Waals surface area contributed by atoms with E-state index in [2.05, 4.69) is 25.2 Å². The fourth-order valence-corrected chi connectivity index (χ4v) is 2.04. The Morgan fingerprint density at radius 3 is 2.71 bits per heavy atom. The highest BCUT2D eigenvalue weighted by molar-refractivity contribution is 5.46. The summed E-state index contributed by atoms with van der Waals surface area (Å²) in [7, 11) is 1.68. The maximum absolute atomic E-state index is 5.58. The summed E-state index contributed by atoms with van der Waals surface area (Å²) in [5, 5.41) is 3.42. The Balaban J connectivity index is 2.33. The zero-order valence-corrected chi connectivity index (χ0v) is 13.8. The van der Waals surface area contributed by atoms with Gasteiger partial charge in [-0.25, -0.2) is 0 Å². The Hall–Kier alpha value is -1.26. The smallest absolute Gasteiger partial charge is 0.165 e. The van der Waals surface area contributed by atoms with Gasteiger partial charge in [-0.1, -0.05) is 26.0 Å². The van der Waals surface area contributed by atoms with Crippen LogP contribution in [0.1, 0.15) is 32.8 Å². The molecule has 0 aliphatic carbocycles. The largest absolute Gasteiger partial charge is 0.493 e. The molecule has 4 nitrogen and oxygen atoms in total. The van der Waals surface area contributed by atoms with E-state index in [1.54, 1.807) is 7.11 Å². The van der Waals surface area contributed by atoms with E-state index in [1.807, 2.05) is 19.1 Å². The third-order valence-corrected chi connectivity index (χ3v) is 2.97. The minimum atomic E-state index is 0.600. The first-order valence-electron chi connectivity index (χ1n) is 7.76. The third-order valence-electron chi connectivity index (χ3n) is 2.97. The molecule has 0 amide bonds. The average molecular weight is 295 g/mol. The van der Waals surface area contributed by atoms with E-state index in [9.17, 15) is 0 Å². The van der Waals surface area contributed by atoms with Crippen molar-refractivity contribution >= 4 is 0 Å². The number of methoxy groups -OCH3 is 1. The molecule has 0 saturated heterocycles. The van der Waals surface area contributed by atoms with Crippen molar-refractivity contribution in [1.82, 2.24) is 5.32 Å². The second kappa shape index (κ2) is 10.5. The van der Waals surface area contributed by atoms with Crippen molar-refractivity contribution in [3.05, 3.63) is 23.8 Å². The van der Waals surface area contributed by atoms with E-state index >= 15 is 0 Å².